The first-order valence-corrected chi connectivity index (χ1v) is 9.52. The van der Waals surface area contributed by atoms with Gasteiger partial charge in [-0.1, -0.05) is 47.7 Å². The largest absolute Gasteiger partial charge is 0.343 e. The molecule has 1 saturated heterocycles. The molecule has 1 aliphatic carbocycles. The molecule has 0 radical (unpaired) electrons. The van der Waals surface area contributed by atoms with Crippen molar-refractivity contribution in [2.45, 2.75) is 58.5 Å². The van der Waals surface area contributed by atoms with Crippen molar-refractivity contribution in [1.82, 2.24) is 0 Å². The maximum atomic E-state index is 6.01. The summed E-state index contributed by atoms with van der Waals surface area (Å²) in [5.74, 6) is -0.404. The maximum absolute atomic E-state index is 6.01. The Morgan fingerprint density at radius 2 is 1.59 bits per heavy atom. The number of hydrogen-bond acceptors (Lipinski definition) is 2. The van der Waals surface area contributed by atoms with Crippen LogP contribution >= 0.6 is 0 Å². The molecule has 0 atom stereocenters. The topological polar surface area (TPSA) is 18.5 Å². The third-order valence-corrected chi connectivity index (χ3v) is 10.1. The summed E-state index contributed by atoms with van der Waals surface area (Å²) < 4.78 is 12.0. The molecule has 0 saturated carbocycles. The highest BCUT2D eigenvalue weighted by atomic mass is 28.3. The van der Waals surface area contributed by atoms with Gasteiger partial charge in [0, 0.05) is 5.41 Å². The van der Waals surface area contributed by atoms with Gasteiger partial charge in [0.2, 0.25) is 5.79 Å². The van der Waals surface area contributed by atoms with Gasteiger partial charge in [0.1, 0.15) is 0 Å². The molecular formula is C14H26O2Si. The fourth-order valence-electron chi connectivity index (χ4n) is 2.10. The van der Waals surface area contributed by atoms with E-state index in [0.29, 0.717) is 5.04 Å². The third kappa shape index (κ3) is 2.13. The van der Waals surface area contributed by atoms with Crippen LogP contribution in [0.3, 0.4) is 0 Å². The minimum atomic E-state index is -1.47. The molecule has 0 N–H and O–H groups in total. The molecule has 1 heterocycles. The Hall–Kier alpha value is -0.123. The van der Waals surface area contributed by atoms with E-state index in [1.165, 1.54) is 5.20 Å². The molecule has 98 valence electrons. The predicted molar refractivity (Wildman–Crippen MR) is 73.7 cm³/mol. The Morgan fingerprint density at radius 3 is 2.00 bits per heavy atom. The number of rotatable bonds is 1. The molecular weight excluding hydrogens is 228 g/mol. The Labute approximate surface area is 106 Å². The first-order chi connectivity index (χ1) is 7.50. The minimum Gasteiger partial charge on any atom is -0.343 e. The third-order valence-electron chi connectivity index (χ3n) is 4.53. The van der Waals surface area contributed by atoms with E-state index in [0.717, 1.165) is 13.2 Å². The van der Waals surface area contributed by atoms with Crippen LogP contribution in [0.25, 0.3) is 0 Å². The maximum Gasteiger partial charge on any atom is 0.207 e. The Kier molecular flexibility index (Phi) is 2.71. The average Bonchev–Trinajstić information content (AvgIpc) is 2.85. The van der Waals surface area contributed by atoms with Crippen LogP contribution in [0.2, 0.25) is 18.1 Å². The van der Waals surface area contributed by atoms with Gasteiger partial charge in [0.25, 0.3) is 0 Å². The van der Waals surface area contributed by atoms with E-state index in [1.807, 2.05) is 0 Å². The molecule has 1 spiro atoms. The average molecular weight is 254 g/mol. The van der Waals surface area contributed by atoms with Crippen molar-refractivity contribution in [2.75, 3.05) is 13.2 Å². The molecule has 0 amide bonds. The standard InChI is InChI=1S/C14H26O2Si/c1-12(2,3)17(6,7)11-8-14(11)15-9-13(4,5)10-16-14/h8H,9-10H2,1-7H3. The van der Waals surface area contributed by atoms with Crippen molar-refractivity contribution in [2.24, 2.45) is 5.41 Å². The lowest BCUT2D eigenvalue weighted by molar-refractivity contribution is -0.228. The van der Waals surface area contributed by atoms with Crippen molar-refractivity contribution in [3.63, 3.8) is 0 Å². The zero-order chi connectivity index (χ0) is 13.1. The zero-order valence-electron chi connectivity index (χ0n) is 12.3. The summed E-state index contributed by atoms with van der Waals surface area (Å²) in [6.07, 6.45) is 2.22. The Morgan fingerprint density at radius 1 is 1.12 bits per heavy atom. The van der Waals surface area contributed by atoms with Crippen LogP contribution in [-0.4, -0.2) is 27.1 Å². The zero-order valence-corrected chi connectivity index (χ0v) is 13.3. The first kappa shape index (κ1) is 13.3. The second-order valence-electron chi connectivity index (χ2n) is 7.84. The molecule has 2 aliphatic rings. The molecule has 1 aliphatic heterocycles. The molecule has 17 heavy (non-hydrogen) atoms. The monoisotopic (exact) mass is 254 g/mol. The van der Waals surface area contributed by atoms with Crippen molar-refractivity contribution in [3.8, 4) is 0 Å². The summed E-state index contributed by atoms with van der Waals surface area (Å²) in [5, 5.41) is 1.80. The molecule has 0 aromatic carbocycles. The summed E-state index contributed by atoms with van der Waals surface area (Å²) in [5.41, 5.74) is 0.153. The normalized spacial score (nSPS) is 26.9. The van der Waals surface area contributed by atoms with Crippen LogP contribution in [0.5, 0.6) is 0 Å². The Bertz CT molecular complexity index is 351. The highest BCUT2D eigenvalue weighted by Crippen LogP contribution is 2.55. The summed E-state index contributed by atoms with van der Waals surface area (Å²) in [6.45, 7) is 17.8. The smallest absolute Gasteiger partial charge is 0.207 e. The molecule has 2 nitrogen and oxygen atoms in total. The van der Waals surface area contributed by atoms with Gasteiger partial charge < -0.3 is 9.47 Å². The summed E-state index contributed by atoms with van der Waals surface area (Å²) in [6, 6.07) is 0. The van der Waals surface area contributed by atoms with Gasteiger partial charge in [-0.2, -0.15) is 0 Å². The van der Waals surface area contributed by atoms with Crippen LogP contribution in [0.15, 0.2) is 11.3 Å². The molecule has 1 fully saturated rings. The number of hydrogen-bond donors (Lipinski definition) is 0. The first-order valence-electron chi connectivity index (χ1n) is 6.52. The van der Waals surface area contributed by atoms with E-state index < -0.39 is 13.9 Å². The summed E-state index contributed by atoms with van der Waals surface area (Å²) in [7, 11) is -1.47. The summed E-state index contributed by atoms with van der Waals surface area (Å²) in [4.78, 5) is 0. The minimum absolute atomic E-state index is 0.153. The molecule has 0 aromatic rings. The second kappa shape index (κ2) is 3.46. The molecule has 3 heteroatoms. The second-order valence-corrected chi connectivity index (χ2v) is 13.1. The quantitative estimate of drug-likeness (QED) is 0.664. The molecule has 0 bridgehead atoms. The van der Waals surface area contributed by atoms with E-state index in [1.54, 1.807) is 0 Å². The van der Waals surface area contributed by atoms with Gasteiger partial charge in [-0.15, -0.1) is 0 Å². The Balaban J connectivity index is 2.08. The van der Waals surface area contributed by atoms with Crippen molar-refractivity contribution in [1.29, 1.82) is 0 Å². The fourth-order valence-corrected chi connectivity index (χ4v) is 4.48. The van der Waals surface area contributed by atoms with E-state index in [9.17, 15) is 0 Å². The predicted octanol–water partition coefficient (Wildman–Crippen LogP) is 3.74. The fraction of sp³-hybridized carbons (Fsp3) is 0.857. The molecule has 0 unspecified atom stereocenters. The van der Waals surface area contributed by atoms with Crippen molar-refractivity contribution in [3.05, 3.63) is 11.3 Å². The van der Waals surface area contributed by atoms with Gasteiger partial charge in [0.05, 0.1) is 21.3 Å². The number of ether oxygens (including phenoxy) is 2. The summed E-state index contributed by atoms with van der Waals surface area (Å²) >= 11 is 0. The van der Waals surface area contributed by atoms with Gasteiger partial charge in [-0.05, 0) is 16.3 Å². The van der Waals surface area contributed by atoms with E-state index >= 15 is 0 Å². The van der Waals surface area contributed by atoms with Gasteiger partial charge in [0.15, 0.2) is 0 Å². The van der Waals surface area contributed by atoms with Crippen LogP contribution < -0.4 is 0 Å². The SMILES string of the molecule is CC1(C)COC2(C=C2[Si](C)(C)C(C)(C)C)OC1. The van der Waals surface area contributed by atoms with Crippen LogP contribution in [-0.2, 0) is 9.47 Å². The van der Waals surface area contributed by atoms with Gasteiger partial charge >= 0.3 is 0 Å². The van der Waals surface area contributed by atoms with E-state index in [-0.39, 0.29) is 5.41 Å². The van der Waals surface area contributed by atoms with Crippen molar-refractivity contribution >= 4 is 8.07 Å². The highest BCUT2D eigenvalue weighted by molar-refractivity contribution is 6.88. The van der Waals surface area contributed by atoms with E-state index in [4.69, 9.17) is 9.47 Å². The highest BCUT2D eigenvalue weighted by Gasteiger charge is 2.59. The van der Waals surface area contributed by atoms with E-state index in [2.05, 4.69) is 53.8 Å². The van der Waals surface area contributed by atoms with Crippen LogP contribution in [0.4, 0.5) is 0 Å². The lowest BCUT2D eigenvalue weighted by atomic mass is 9.95. The van der Waals surface area contributed by atoms with Crippen LogP contribution in [0, 0.1) is 5.41 Å². The molecule has 2 rings (SSSR count). The van der Waals surface area contributed by atoms with Gasteiger partial charge in [-0.25, -0.2) is 0 Å². The lowest BCUT2D eigenvalue weighted by Gasteiger charge is -2.41. The van der Waals surface area contributed by atoms with Crippen LogP contribution in [0.1, 0.15) is 34.6 Å². The van der Waals surface area contributed by atoms with Crippen molar-refractivity contribution < 1.29 is 9.47 Å². The molecule has 0 aromatic heterocycles. The lowest BCUT2D eigenvalue weighted by Crippen LogP contribution is -2.47. The van der Waals surface area contributed by atoms with Gasteiger partial charge in [-0.3, -0.25) is 0 Å².